The van der Waals surface area contributed by atoms with E-state index in [1.807, 2.05) is 18.2 Å². The van der Waals surface area contributed by atoms with Gasteiger partial charge in [0.1, 0.15) is 0 Å². The quantitative estimate of drug-likeness (QED) is 0.722. The van der Waals surface area contributed by atoms with Gasteiger partial charge in [0.15, 0.2) is 0 Å². The monoisotopic (exact) mass is 282 g/mol. The maximum Gasteiger partial charge on any atom is 0.0409 e. The summed E-state index contributed by atoms with van der Waals surface area (Å²) >= 11 is 6.00. The number of hydrogen-bond acceptors (Lipinski definition) is 2. The standard InChI is InChI=1S/C16H27ClN2/c1-13(2)19(4)11-6-5-10-18-14(3)15-8-7-9-16(17)12-15/h7-9,12-14,18H,5-6,10-11H2,1-4H3. The number of nitrogens with one attached hydrogen (secondary N) is 1. The molecule has 0 aliphatic heterocycles. The van der Waals surface area contributed by atoms with Crippen LogP contribution in [0.5, 0.6) is 0 Å². The maximum atomic E-state index is 6.00. The van der Waals surface area contributed by atoms with E-state index in [9.17, 15) is 0 Å². The molecule has 0 aromatic heterocycles. The van der Waals surface area contributed by atoms with Gasteiger partial charge in [-0.1, -0.05) is 23.7 Å². The summed E-state index contributed by atoms with van der Waals surface area (Å²) < 4.78 is 0. The van der Waals surface area contributed by atoms with E-state index < -0.39 is 0 Å². The van der Waals surface area contributed by atoms with Crippen molar-refractivity contribution >= 4 is 11.6 Å². The number of rotatable bonds is 8. The molecule has 1 unspecified atom stereocenters. The second-order valence-electron chi connectivity index (χ2n) is 5.51. The van der Waals surface area contributed by atoms with Gasteiger partial charge in [-0.3, -0.25) is 0 Å². The lowest BCUT2D eigenvalue weighted by Crippen LogP contribution is -2.28. The summed E-state index contributed by atoms with van der Waals surface area (Å²) in [6.07, 6.45) is 2.45. The lowest BCUT2D eigenvalue weighted by molar-refractivity contribution is 0.267. The lowest BCUT2D eigenvalue weighted by atomic mass is 10.1. The first-order valence-electron chi connectivity index (χ1n) is 7.19. The molecule has 1 aromatic rings. The van der Waals surface area contributed by atoms with Gasteiger partial charge in [0.05, 0.1) is 0 Å². The Morgan fingerprint density at radius 1 is 1.21 bits per heavy atom. The van der Waals surface area contributed by atoms with E-state index in [2.05, 4.69) is 44.1 Å². The summed E-state index contributed by atoms with van der Waals surface area (Å²) in [6.45, 7) is 8.88. The molecule has 0 fully saturated rings. The van der Waals surface area contributed by atoms with Crippen LogP contribution in [0.15, 0.2) is 24.3 Å². The van der Waals surface area contributed by atoms with Crippen LogP contribution in [0.2, 0.25) is 5.02 Å². The molecule has 1 aromatic carbocycles. The molecule has 108 valence electrons. The molecule has 0 saturated heterocycles. The van der Waals surface area contributed by atoms with Crippen LogP contribution in [0.25, 0.3) is 0 Å². The minimum Gasteiger partial charge on any atom is -0.310 e. The second kappa shape index (κ2) is 8.57. The first-order chi connectivity index (χ1) is 9.00. The van der Waals surface area contributed by atoms with Crippen molar-refractivity contribution in [1.82, 2.24) is 10.2 Å². The third-order valence-electron chi connectivity index (χ3n) is 3.62. The third kappa shape index (κ3) is 6.42. The molecule has 0 aliphatic carbocycles. The van der Waals surface area contributed by atoms with Crippen LogP contribution in [-0.4, -0.2) is 31.1 Å². The van der Waals surface area contributed by atoms with Gasteiger partial charge in [-0.05, 0) is 71.4 Å². The van der Waals surface area contributed by atoms with E-state index in [0.29, 0.717) is 12.1 Å². The predicted molar refractivity (Wildman–Crippen MR) is 84.9 cm³/mol. The summed E-state index contributed by atoms with van der Waals surface area (Å²) in [6, 6.07) is 9.08. The van der Waals surface area contributed by atoms with Gasteiger partial charge in [0.2, 0.25) is 0 Å². The van der Waals surface area contributed by atoms with Crippen LogP contribution in [0.1, 0.15) is 45.2 Å². The zero-order chi connectivity index (χ0) is 14.3. The Morgan fingerprint density at radius 3 is 2.58 bits per heavy atom. The number of halogens is 1. The van der Waals surface area contributed by atoms with Gasteiger partial charge < -0.3 is 10.2 Å². The number of benzene rings is 1. The van der Waals surface area contributed by atoms with Crippen LogP contribution in [-0.2, 0) is 0 Å². The topological polar surface area (TPSA) is 15.3 Å². The highest BCUT2D eigenvalue weighted by atomic mass is 35.5. The van der Waals surface area contributed by atoms with Crippen LogP contribution in [0.4, 0.5) is 0 Å². The summed E-state index contributed by atoms with van der Waals surface area (Å²) in [7, 11) is 2.19. The van der Waals surface area contributed by atoms with Crippen molar-refractivity contribution in [1.29, 1.82) is 0 Å². The first kappa shape index (κ1) is 16.5. The van der Waals surface area contributed by atoms with Crippen molar-refractivity contribution in [3.05, 3.63) is 34.9 Å². The molecule has 2 nitrogen and oxygen atoms in total. The Bertz CT molecular complexity index is 366. The molecule has 0 radical (unpaired) electrons. The molecule has 0 aliphatic rings. The summed E-state index contributed by atoms with van der Waals surface area (Å²) in [5.41, 5.74) is 1.26. The zero-order valence-electron chi connectivity index (χ0n) is 12.6. The van der Waals surface area contributed by atoms with E-state index in [1.54, 1.807) is 0 Å². The molecule has 0 bridgehead atoms. The van der Waals surface area contributed by atoms with Crippen molar-refractivity contribution in [2.24, 2.45) is 0 Å². The fourth-order valence-electron chi connectivity index (χ4n) is 1.96. The van der Waals surface area contributed by atoms with E-state index in [1.165, 1.54) is 24.9 Å². The molecular weight excluding hydrogens is 256 g/mol. The van der Waals surface area contributed by atoms with Gasteiger partial charge in [-0.2, -0.15) is 0 Å². The Hall–Kier alpha value is -0.570. The average molecular weight is 283 g/mol. The van der Waals surface area contributed by atoms with Crippen molar-refractivity contribution in [2.75, 3.05) is 20.1 Å². The molecule has 0 heterocycles. The third-order valence-corrected chi connectivity index (χ3v) is 3.85. The first-order valence-corrected chi connectivity index (χ1v) is 7.57. The van der Waals surface area contributed by atoms with Crippen LogP contribution < -0.4 is 5.32 Å². The van der Waals surface area contributed by atoms with E-state index in [0.717, 1.165) is 11.6 Å². The normalized spacial score (nSPS) is 13.2. The largest absolute Gasteiger partial charge is 0.310 e. The molecule has 1 atom stereocenters. The van der Waals surface area contributed by atoms with E-state index in [4.69, 9.17) is 11.6 Å². The zero-order valence-corrected chi connectivity index (χ0v) is 13.4. The van der Waals surface area contributed by atoms with Gasteiger partial charge in [-0.25, -0.2) is 0 Å². The minimum absolute atomic E-state index is 0.363. The Labute approximate surface area is 123 Å². The van der Waals surface area contributed by atoms with Gasteiger partial charge >= 0.3 is 0 Å². The fourth-order valence-corrected chi connectivity index (χ4v) is 2.16. The molecule has 3 heteroatoms. The Balaban J connectivity index is 2.19. The second-order valence-corrected chi connectivity index (χ2v) is 5.95. The molecule has 1 N–H and O–H groups in total. The van der Waals surface area contributed by atoms with Gasteiger partial charge in [-0.15, -0.1) is 0 Å². The highest BCUT2D eigenvalue weighted by Gasteiger charge is 2.05. The van der Waals surface area contributed by atoms with Crippen LogP contribution >= 0.6 is 11.6 Å². The van der Waals surface area contributed by atoms with Crippen molar-refractivity contribution < 1.29 is 0 Å². The number of unbranched alkanes of at least 4 members (excludes halogenated alkanes) is 1. The summed E-state index contributed by atoms with van der Waals surface area (Å²) in [5, 5.41) is 4.36. The van der Waals surface area contributed by atoms with Crippen LogP contribution in [0, 0.1) is 0 Å². The molecule has 19 heavy (non-hydrogen) atoms. The molecule has 0 spiro atoms. The average Bonchev–Trinajstić information content (AvgIpc) is 2.37. The predicted octanol–water partition coefficient (Wildman–Crippen LogP) is 4.11. The van der Waals surface area contributed by atoms with Crippen LogP contribution in [0.3, 0.4) is 0 Å². The fraction of sp³-hybridized carbons (Fsp3) is 0.625. The van der Waals surface area contributed by atoms with E-state index >= 15 is 0 Å². The SMILES string of the molecule is CC(NCCCCN(C)C(C)C)c1cccc(Cl)c1. The maximum absolute atomic E-state index is 6.00. The lowest BCUT2D eigenvalue weighted by Gasteiger charge is -2.21. The highest BCUT2D eigenvalue weighted by molar-refractivity contribution is 6.30. The Morgan fingerprint density at radius 2 is 1.95 bits per heavy atom. The van der Waals surface area contributed by atoms with Crippen molar-refractivity contribution in [3.63, 3.8) is 0 Å². The van der Waals surface area contributed by atoms with Crippen molar-refractivity contribution in [2.45, 2.75) is 45.7 Å². The van der Waals surface area contributed by atoms with Gasteiger partial charge in [0.25, 0.3) is 0 Å². The smallest absolute Gasteiger partial charge is 0.0409 e. The molecular formula is C16H27ClN2. The number of nitrogens with zero attached hydrogens (tertiary/aromatic N) is 1. The Kier molecular flexibility index (Phi) is 7.44. The van der Waals surface area contributed by atoms with Crippen molar-refractivity contribution in [3.8, 4) is 0 Å². The highest BCUT2D eigenvalue weighted by Crippen LogP contribution is 2.17. The molecule has 0 amide bonds. The van der Waals surface area contributed by atoms with Gasteiger partial charge in [0, 0.05) is 17.1 Å². The number of hydrogen-bond donors (Lipinski definition) is 1. The molecule has 0 saturated carbocycles. The minimum atomic E-state index is 0.363. The molecule has 1 rings (SSSR count). The van der Waals surface area contributed by atoms with E-state index in [-0.39, 0.29) is 0 Å². The summed E-state index contributed by atoms with van der Waals surface area (Å²) in [5.74, 6) is 0. The summed E-state index contributed by atoms with van der Waals surface area (Å²) in [4.78, 5) is 2.39.